The summed E-state index contributed by atoms with van der Waals surface area (Å²) < 4.78 is 10.9. The molecule has 0 saturated carbocycles. The Bertz CT molecular complexity index is 831. The molecule has 0 saturated heterocycles. The van der Waals surface area contributed by atoms with Crippen molar-refractivity contribution in [2.24, 2.45) is 5.73 Å². The quantitative estimate of drug-likeness (QED) is 0.775. The van der Waals surface area contributed by atoms with E-state index in [1.807, 2.05) is 30.3 Å². The molecular formula is C17H13ClN2O3. The maximum atomic E-state index is 11.4. The van der Waals surface area contributed by atoms with Crippen molar-refractivity contribution in [2.45, 2.75) is 6.61 Å². The van der Waals surface area contributed by atoms with Gasteiger partial charge in [-0.3, -0.25) is 4.79 Å². The maximum absolute atomic E-state index is 11.4. The molecule has 6 heteroatoms. The molecule has 0 aliphatic rings. The highest BCUT2D eigenvalue weighted by atomic mass is 35.5. The molecule has 116 valence electrons. The van der Waals surface area contributed by atoms with E-state index < -0.39 is 5.91 Å². The first-order valence-electron chi connectivity index (χ1n) is 6.86. The van der Waals surface area contributed by atoms with Crippen LogP contribution in [0, 0.1) is 0 Å². The van der Waals surface area contributed by atoms with Gasteiger partial charge in [0.05, 0.1) is 5.56 Å². The molecule has 0 fully saturated rings. The molecule has 2 aromatic carbocycles. The Balaban J connectivity index is 1.76. The van der Waals surface area contributed by atoms with Crippen molar-refractivity contribution in [1.82, 2.24) is 5.16 Å². The summed E-state index contributed by atoms with van der Waals surface area (Å²) in [6.45, 7) is 0.136. The molecule has 0 atom stereocenters. The third-order valence-electron chi connectivity index (χ3n) is 3.20. The van der Waals surface area contributed by atoms with E-state index in [4.69, 9.17) is 26.6 Å². The van der Waals surface area contributed by atoms with Crippen LogP contribution >= 0.6 is 11.6 Å². The number of benzene rings is 2. The molecule has 0 aliphatic heterocycles. The van der Waals surface area contributed by atoms with Crippen molar-refractivity contribution in [2.75, 3.05) is 0 Å². The topological polar surface area (TPSA) is 78.4 Å². The van der Waals surface area contributed by atoms with Crippen LogP contribution < -0.4 is 10.5 Å². The predicted octanol–water partition coefficient (Wildman–Crippen LogP) is 3.67. The van der Waals surface area contributed by atoms with Crippen LogP contribution in [0.3, 0.4) is 0 Å². The SMILES string of the molecule is NC(=O)c1ccc(Cl)cc1OCc1cc(-c2ccccc2)on1. The largest absolute Gasteiger partial charge is 0.486 e. The molecule has 0 spiro atoms. The van der Waals surface area contributed by atoms with Gasteiger partial charge in [0.15, 0.2) is 5.76 Å². The van der Waals surface area contributed by atoms with Gasteiger partial charge in [-0.1, -0.05) is 47.1 Å². The van der Waals surface area contributed by atoms with Crippen molar-refractivity contribution in [3.05, 3.63) is 70.9 Å². The second-order valence-corrected chi connectivity index (χ2v) is 5.28. The summed E-state index contributed by atoms with van der Waals surface area (Å²) in [5.41, 5.74) is 7.10. The highest BCUT2D eigenvalue weighted by Crippen LogP contribution is 2.25. The monoisotopic (exact) mass is 328 g/mol. The Morgan fingerprint density at radius 2 is 1.96 bits per heavy atom. The van der Waals surface area contributed by atoms with Gasteiger partial charge >= 0.3 is 0 Å². The summed E-state index contributed by atoms with van der Waals surface area (Å²) in [7, 11) is 0. The molecular weight excluding hydrogens is 316 g/mol. The van der Waals surface area contributed by atoms with Gasteiger partial charge < -0.3 is 15.0 Å². The standard InChI is InChI=1S/C17H13ClN2O3/c18-12-6-7-14(17(19)21)16(8-12)22-10-13-9-15(23-20-13)11-4-2-1-3-5-11/h1-9H,10H2,(H2,19,21). The number of aromatic nitrogens is 1. The molecule has 3 aromatic rings. The van der Waals surface area contributed by atoms with Gasteiger partial charge in [0, 0.05) is 16.7 Å². The van der Waals surface area contributed by atoms with E-state index in [1.165, 1.54) is 6.07 Å². The number of primary amides is 1. The summed E-state index contributed by atoms with van der Waals surface area (Å²) in [5.74, 6) is 0.376. The van der Waals surface area contributed by atoms with Gasteiger partial charge in [0.2, 0.25) is 0 Å². The van der Waals surface area contributed by atoms with Crippen LogP contribution in [0.1, 0.15) is 16.1 Å². The minimum absolute atomic E-state index is 0.136. The Labute approximate surface area is 137 Å². The molecule has 0 unspecified atom stereocenters. The second kappa shape index (κ2) is 6.54. The zero-order chi connectivity index (χ0) is 16.2. The molecule has 0 bridgehead atoms. The van der Waals surface area contributed by atoms with Gasteiger partial charge in [0.25, 0.3) is 5.91 Å². The number of nitrogens with two attached hydrogens (primary N) is 1. The van der Waals surface area contributed by atoms with Gasteiger partial charge in [-0.2, -0.15) is 0 Å². The number of nitrogens with zero attached hydrogens (tertiary/aromatic N) is 1. The molecule has 23 heavy (non-hydrogen) atoms. The predicted molar refractivity (Wildman–Crippen MR) is 86.2 cm³/mol. The molecule has 0 aliphatic carbocycles. The Kier molecular flexibility index (Phi) is 4.30. The number of hydrogen-bond donors (Lipinski definition) is 1. The Morgan fingerprint density at radius 1 is 1.17 bits per heavy atom. The molecule has 2 N–H and O–H groups in total. The van der Waals surface area contributed by atoms with Crippen molar-refractivity contribution in [3.63, 3.8) is 0 Å². The summed E-state index contributed by atoms with van der Waals surface area (Å²) in [5, 5.41) is 4.41. The minimum atomic E-state index is -0.582. The molecule has 3 rings (SSSR count). The van der Waals surface area contributed by atoms with Gasteiger partial charge in [-0.15, -0.1) is 0 Å². The fourth-order valence-electron chi connectivity index (χ4n) is 2.09. The number of hydrogen-bond acceptors (Lipinski definition) is 4. The number of carbonyl (C=O) groups is 1. The van der Waals surface area contributed by atoms with E-state index in [2.05, 4.69) is 5.16 Å². The normalized spacial score (nSPS) is 10.5. The maximum Gasteiger partial charge on any atom is 0.252 e. The van der Waals surface area contributed by atoms with Gasteiger partial charge in [-0.05, 0) is 18.2 Å². The Hall–Kier alpha value is -2.79. The van der Waals surface area contributed by atoms with Crippen LogP contribution in [-0.2, 0) is 6.61 Å². The van der Waals surface area contributed by atoms with Gasteiger partial charge in [0.1, 0.15) is 18.1 Å². The number of rotatable bonds is 5. The molecule has 1 aromatic heterocycles. The second-order valence-electron chi connectivity index (χ2n) is 4.84. The third-order valence-corrected chi connectivity index (χ3v) is 3.44. The summed E-state index contributed by atoms with van der Waals surface area (Å²) >= 11 is 5.92. The summed E-state index contributed by atoms with van der Waals surface area (Å²) in [6.07, 6.45) is 0. The highest BCUT2D eigenvalue weighted by Gasteiger charge is 2.12. The highest BCUT2D eigenvalue weighted by molar-refractivity contribution is 6.30. The van der Waals surface area contributed by atoms with Crippen molar-refractivity contribution in [3.8, 4) is 17.1 Å². The van der Waals surface area contributed by atoms with Crippen LogP contribution in [-0.4, -0.2) is 11.1 Å². The van der Waals surface area contributed by atoms with E-state index in [1.54, 1.807) is 18.2 Å². The van der Waals surface area contributed by atoms with Crippen molar-refractivity contribution >= 4 is 17.5 Å². The molecule has 1 heterocycles. The van der Waals surface area contributed by atoms with Gasteiger partial charge in [-0.25, -0.2) is 0 Å². The van der Waals surface area contributed by atoms with Crippen LogP contribution in [0.25, 0.3) is 11.3 Å². The van der Waals surface area contributed by atoms with Crippen LogP contribution in [0.5, 0.6) is 5.75 Å². The van der Waals surface area contributed by atoms with E-state index in [0.29, 0.717) is 22.2 Å². The number of amides is 1. The zero-order valence-corrected chi connectivity index (χ0v) is 12.8. The first-order valence-corrected chi connectivity index (χ1v) is 7.24. The number of ether oxygens (including phenoxy) is 1. The Morgan fingerprint density at radius 3 is 2.70 bits per heavy atom. The fourth-order valence-corrected chi connectivity index (χ4v) is 2.25. The summed E-state index contributed by atoms with van der Waals surface area (Å²) in [6, 6.07) is 16.0. The minimum Gasteiger partial charge on any atom is -0.486 e. The lowest BCUT2D eigenvalue weighted by Crippen LogP contribution is -2.13. The number of carbonyl (C=O) groups excluding carboxylic acids is 1. The van der Waals surface area contributed by atoms with Crippen LogP contribution in [0.15, 0.2) is 59.1 Å². The molecule has 0 radical (unpaired) electrons. The smallest absolute Gasteiger partial charge is 0.252 e. The molecule has 1 amide bonds. The third kappa shape index (κ3) is 3.52. The first kappa shape index (κ1) is 15.1. The number of halogens is 1. The fraction of sp³-hybridized carbons (Fsp3) is 0.0588. The van der Waals surface area contributed by atoms with Crippen molar-refractivity contribution < 1.29 is 14.1 Å². The average Bonchev–Trinajstić information content (AvgIpc) is 3.02. The van der Waals surface area contributed by atoms with E-state index >= 15 is 0 Å². The van der Waals surface area contributed by atoms with Crippen LogP contribution in [0.2, 0.25) is 5.02 Å². The van der Waals surface area contributed by atoms with E-state index in [-0.39, 0.29) is 12.2 Å². The zero-order valence-electron chi connectivity index (χ0n) is 12.0. The lowest BCUT2D eigenvalue weighted by Gasteiger charge is -2.08. The average molecular weight is 329 g/mol. The van der Waals surface area contributed by atoms with E-state index in [9.17, 15) is 4.79 Å². The lowest BCUT2D eigenvalue weighted by molar-refractivity contribution is 0.0996. The summed E-state index contributed by atoms with van der Waals surface area (Å²) in [4.78, 5) is 11.4. The van der Waals surface area contributed by atoms with Crippen LogP contribution in [0.4, 0.5) is 0 Å². The van der Waals surface area contributed by atoms with E-state index in [0.717, 1.165) is 5.56 Å². The van der Waals surface area contributed by atoms with Crippen molar-refractivity contribution in [1.29, 1.82) is 0 Å². The lowest BCUT2D eigenvalue weighted by atomic mass is 10.1. The first-order chi connectivity index (χ1) is 11.1. The molecule has 5 nitrogen and oxygen atoms in total.